The van der Waals surface area contributed by atoms with Crippen molar-refractivity contribution in [1.29, 1.82) is 0 Å². The van der Waals surface area contributed by atoms with Crippen molar-refractivity contribution >= 4 is 22.4 Å². The fourth-order valence-corrected chi connectivity index (χ4v) is 2.55. The highest BCUT2D eigenvalue weighted by Gasteiger charge is 2.23. The van der Waals surface area contributed by atoms with Crippen LogP contribution in [-0.4, -0.2) is 28.1 Å². The zero-order valence-corrected chi connectivity index (χ0v) is 14.1. The van der Waals surface area contributed by atoms with Gasteiger partial charge in [0.15, 0.2) is 11.5 Å². The van der Waals surface area contributed by atoms with Crippen molar-refractivity contribution in [2.24, 2.45) is 0 Å². The molecule has 8 nitrogen and oxygen atoms in total. The van der Waals surface area contributed by atoms with Gasteiger partial charge in [0, 0.05) is 11.8 Å². The quantitative estimate of drug-likeness (QED) is 0.416. The number of nitrogens with one attached hydrogen (secondary N) is 1. The predicted octanol–water partition coefficient (Wildman–Crippen LogP) is 3.52. The van der Waals surface area contributed by atoms with Gasteiger partial charge in [0.1, 0.15) is 5.82 Å². The molecule has 0 unspecified atom stereocenters. The predicted molar refractivity (Wildman–Crippen MR) is 94.9 cm³/mol. The van der Waals surface area contributed by atoms with E-state index >= 15 is 0 Å². The normalized spacial score (nSPS) is 11.0. The first-order valence-corrected chi connectivity index (χ1v) is 7.67. The number of hydrogen-bond donors (Lipinski definition) is 2. The minimum Gasteiger partial charge on any atom is -0.493 e. The molecule has 0 saturated carbocycles. The number of nitro groups is 1. The molecule has 130 valence electrons. The van der Waals surface area contributed by atoms with E-state index < -0.39 is 4.92 Å². The third kappa shape index (κ3) is 3.18. The van der Waals surface area contributed by atoms with Gasteiger partial charge in [0.05, 0.1) is 40.8 Å². The first-order chi connectivity index (χ1) is 11.9. The molecule has 3 rings (SSSR count). The molecule has 0 spiro atoms. The van der Waals surface area contributed by atoms with Gasteiger partial charge < -0.3 is 20.2 Å². The number of ether oxygens (including phenoxy) is 2. The molecule has 25 heavy (non-hydrogen) atoms. The monoisotopic (exact) mass is 342 g/mol. The minimum absolute atomic E-state index is 0.112. The van der Waals surface area contributed by atoms with Gasteiger partial charge in [-0.15, -0.1) is 0 Å². The van der Waals surface area contributed by atoms with Crippen LogP contribution in [-0.2, 0) is 0 Å². The summed E-state index contributed by atoms with van der Waals surface area (Å²) in [4.78, 5) is 18.5. The number of imidazole rings is 1. The van der Waals surface area contributed by atoms with Crippen LogP contribution in [0.4, 0.5) is 11.4 Å². The number of rotatable bonds is 5. The average Bonchev–Trinajstić information content (AvgIpc) is 2.96. The Morgan fingerprint density at radius 1 is 1.24 bits per heavy atom. The Kier molecular flexibility index (Phi) is 4.18. The van der Waals surface area contributed by atoms with E-state index in [1.165, 1.54) is 13.2 Å². The molecule has 0 aliphatic rings. The number of fused-ring (bicyclic) bond motifs is 1. The van der Waals surface area contributed by atoms with Crippen molar-refractivity contribution < 1.29 is 14.4 Å². The van der Waals surface area contributed by atoms with E-state index in [9.17, 15) is 10.1 Å². The van der Waals surface area contributed by atoms with Gasteiger partial charge in [0.2, 0.25) is 0 Å². The number of methoxy groups -OCH3 is 1. The van der Waals surface area contributed by atoms with Crippen molar-refractivity contribution in [3.05, 3.63) is 40.4 Å². The Morgan fingerprint density at radius 3 is 2.64 bits per heavy atom. The minimum atomic E-state index is -0.474. The van der Waals surface area contributed by atoms with Crippen LogP contribution in [0, 0.1) is 10.1 Å². The van der Waals surface area contributed by atoms with Crippen LogP contribution in [0.25, 0.3) is 22.4 Å². The standard InChI is InChI=1S/C17H18N4O4/c1-9(2)25-16-7-11(14(21(22)23)8-15(16)24-3)17-19-12-5-4-10(18)6-13(12)20-17/h4-9H,18H2,1-3H3,(H,19,20). The maximum Gasteiger partial charge on any atom is 0.284 e. The number of nitrogens with zero attached hydrogens (tertiary/aromatic N) is 2. The summed E-state index contributed by atoms with van der Waals surface area (Å²) in [5.41, 5.74) is 7.91. The first-order valence-electron chi connectivity index (χ1n) is 7.67. The summed E-state index contributed by atoms with van der Waals surface area (Å²) in [6.45, 7) is 3.73. The Labute approximate surface area is 143 Å². The number of nitrogens with two attached hydrogens (primary N) is 1. The lowest BCUT2D eigenvalue weighted by atomic mass is 10.1. The average molecular weight is 342 g/mol. The lowest BCUT2D eigenvalue weighted by Gasteiger charge is -2.14. The molecule has 0 bridgehead atoms. The van der Waals surface area contributed by atoms with E-state index in [0.29, 0.717) is 39.6 Å². The summed E-state index contributed by atoms with van der Waals surface area (Å²) in [6, 6.07) is 8.12. The van der Waals surface area contributed by atoms with Crippen LogP contribution >= 0.6 is 0 Å². The smallest absolute Gasteiger partial charge is 0.284 e. The van der Waals surface area contributed by atoms with Crippen molar-refractivity contribution in [2.75, 3.05) is 12.8 Å². The van der Waals surface area contributed by atoms with Gasteiger partial charge >= 0.3 is 0 Å². The summed E-state index contributed by atoms with van der Waals surface area (Å²) >= 11 is 0. The number of aromatic amines is 1. The van der Waals surface area contributed by atoms with Gasteiger partial charge in [0.25, 0.3) is 5.69 Å². The zero-order valence-electron chi connectivity index (χ0n) is 14.1. The molecule has 1 aromatic heterocycles. The van der Waals surface area contributed by atoms with E-state index in [1.54, 1.807) is 24.3 Å². The van der Waals surface area contributed by atoms with Crippen LogP contribution in [0.3, 0.4) is 0 Å². The SMILES string of the molecule is COc1cc([N+](=O)[O-])c(-c2nc3ccc(N)cc3[nH]2)cc1OC(C)C. The van der Waals surface area contributed by atoms with Crippen LogP contribution in [0.5, 0.6) is 11.5 Å². The van der Waals surface area contributed by atoms with Crippen LogP contribution in [0.15, 0.2) is 30.3 Å². The molecule has 0 aliphatic carbocycles. The fraction of sp³-hybridized carbons (Fsp3) is 0.235. The number of benzene rings is 2. The Bertz CT molecular complexity index is 949. The molecular weight excluding hydrogens is 324 g/mol. The number of H-pyrrole nitrogens is 1. The molecule has 0 aliphatic heterocycles. The fourth-order valence-electron chi connectivity index (χ4n) is 2.55. The topological polar surface area (TPSA) is 116 Å². The number of aromatic nitrogens is 2. The van der Waals surface area contributed by atoms with E-state index in [0.717, 1.165) is 0 Å². The number of nitro benzene ring substituents is 1. The van der Waals surface area contributed by atoms with Crippen LogP contribution < -0.4 is 15.2 Å². The lowest BCUT2D eigenvalue weighted by molar-refractivity contribution is -0.384. The Balaban J connectivity index is 2.22. The number of nitrogen functional groups attached to an aromatic ring is 1. The zero-order chi connectivity index (χ0) is 18.1. The van der Waals surface area contributed by atoms with Gasteiger partial charge in [-0.25, -0.2) is 4.98 Å². The Morgan fingerprint density at radius 2 is 2.00 bits per heavy atom. The first kappa shape index (κ1) is 16.6. The lowest BCUT2D eigenvalue weighted by Crippen LogP contribution is -2.07. The molecule has 1 heterocycles. The Hall–Kier alpha value is -3.29. The van der Waals surface area contributed by atoms with Crippen molar-refractivity contribution in [1.82, 2.24) is 9.97 Å². The van der Waals surface area contributed by atoms with E-state index in [-0.39, 0.29) is 11.8 Å². The van der Waals surface area contributed by atoms with Gasteiger partial charge in [-0.3, -0.25) is 10.1 Å². The molecule has 3 aromatic rings. The highest BCUT2D eigenvalue weighted by Crippen LogP contribution is 2.40. The van der Waals surface area contributed by atoms with Crippen LogP contribution in [0.1, 0.15) is 13.8 Å². The second-order valence-corrected chi connectivity index (χ2v) is 5.81. The largest absolute Gasteiger partial charge is 0.493 e. The molecule has 0 saturated heterocycles. The van der Waals surface area contributed by atoms with E-state index in [2.05, 4.69) is 9.97 Å². The third-order valence-electron chi connectivity index (χ3n) is 3.60. The molecule has 0 atom stereocenters. The van der Waals surface area contributed by atoms with Crippen molar-refractivity contribution in [3.63, 3.8) is 0 Å². The van der Waals surface area contributed by atoms with Crippen molar-refractivity contribution in [2.45, 2.75) is 20.0 Å². The maximum absolute atomic E-state index is 11.5. The summed E-state index contributed by atoms with van der Waals surface area (Å²) in [6.07, 6.45) is -0.112. The van der Waals surface area contributed by atoms with Gasteiger partial charge in [-0.2, -0.15) is 0 Å². The molecule has 0 radical (unpaired) electrons. The van der Waals surface area contributed by atoms with Gasteiger partial charge in [-0.1, -0.05) is 0 Å². The van der Waals surface area contributed by atoms with Crippen molar-refractivity contribution in [3.8, 4) is 22.9 Å². The second-order valence-electron chi connectivity index (χ2n) is 5.81. The summed E-state index contributed by atoms with van der Waals surface area (Å²) in [7, 11) is 1.44. The maximum atomic E-state index is 11.5. The number of anilines is 1. The van der Waals surface area contributed by atoms with E-state index in [4.69, 9.17) is 15.2 Å². The summed E-state index contributed by atoms with van der Waals surface area (Å²) in [5, 5.41) is 11.5. The summed E-state index contributed by atoms with van der Waals surface area (Å²) < 4.78 is 10.9. The van der Waals surface area contributed by atoms with Gasteiger partial charge in [-0.05, 0) is 32.0 Å². The molecule has 0 fully saturated rings. The second kappa shape index (κ2) is 6.31. The third-order valence-corrected chi connectivity index (χ3v) is 3.60. The highest BCUT2D eigenvalue weighted by molar-refractivity contribution is 5.84. The van der Waals surface area contributed by atoms with Crippen LogP contribution in [0.2, 0.25) is 0 Å². The highest BCUT2D eigenvalue weighted by atomic mass is 16.6. The molecule has 2 aromatic carbocycles. The molecule has 3 N–H and O–H groups in total. The summed E-state index contributed by atoms with van der Waals surface area (Å²) in [5.74, 6) is 1.08. The van der Waals surface area contributed by atoms with E-state index in [1.807, 2.05) is 13.8 Å². The number of hydrogen-bond acceptors (Lipinski definition) is 6. The molecular formula is C17H18N4O4. The molecule has 0 amide bonds. The molecule has 8 heteroatoms.